The van der Waals surface area contributed by atoms with Crippen molar-refractivity contribution >= 4 is 11.6 Å². The highest BCUT2D eigenvalue weighted by Gasteiger charge is 2.24. The van der Waals surface area contributed by atoms with E-state index in [0.717, 1.165) is 18.5 Å². The van der Waals surface area contributed by atoms with E-state index in [1.165, 1.54) is 12.8 Å². The van der Waals surface area contributed by atoms with Crippen LogP contribution in [0.25, 0.3) is 0 Å². The summed E-state index contributed by atoms with van der Waals surface area (Å²) in [7, 11) is 3.42. The Labute approximate surface area is 114 Å². The number of nitrogens with one attached hydrogen (secondary N) is 2. The molecule has 1 aliphatic carbocycles. The average Bonchev–Trinajstić information content (AvgIpc) is 2.48. The summed E-state index contributed by atoms with van der Waals surface area (Å²) in [6.45, 7) is 0. The second kappa shape index (κ2) is 6.57. The van der Waals surface area contributed by atoms with Crippen LogP contribution in [0.4, 0.5) is 5.69 Å². The molecule has 1 amide bonds. The number of hydrogen-bond acceptors (Lipinski definition) is 3. The Bertz CT molecular complexity index is 417. The minimum atomic E-state index is -0.0565. The molecule has 1 fully saturated rings. The van der Waals surface area contributed by atoms with Crippen LogP contribution >= 0.6 is 0 Å². The molecule has 2 N–H and O–H groups in total. The van der Waals surface area contributed by atoms with Crippen LogP contribution in [0.15, 0.2) is 24.3 Å². The van der Waals surface area contributed by atoms with E-state index in [4.69, 9.17) is 4.74 Å². The molecule has 1 aromatic carbocycles. The van der Waals surface area contributed by atoms with Gasteiger partial charge in [-0.1, -0.05) is 12.8 Å². The molecular weight excluding hydrogens is 240 g/mol. The molecule has 104 valence electrons. The van der Waals surface area contributed by atoms with E-state index in [1.54, 1.807) is 14.2 Å². The highest BCUT2D eigenvalue weighted by atomic mass is 16.5. The molecule has 2 unspecified atom stereocenters. The molecule has 0 radical (unpaired) electrons. The first kappa shape index (κ1) is 13.9. The van der Waals surface area contributed by atoms with Crippen molar-refractivity contribution in [2.75, 3.05) is 19.5 Å². The molecule has 0 heterocycles. The summed E-state index contributed by atoms with van der Waals surface area (Å²) in [6.07, 6.45) is 5.02. The molecule has 1 aliphatic rings. The predicted molar refractivity (Wildman–Crippen MR) is 76.5 cm³/mol. The third-order valence-electron chi connectivity index (χ3n) is 3.73. The Morgan fingerprint density at radius 3 is 2.53 bits per heavy atom. The maximum absolute atomic E-state index is 11.5. The van der Waals surface area contributed by atoms with E-state index in [-0.39, 0.29) is 12.0 Å². The molecule has 19 heavy (non-hydrogen) atoms. The van der Waals surface area contributed by atoms with E-state index in [9.17, 15) is 4.79 Å². The first-order chi connectivity index (χ1) is 9.24. The minimum absolute atomic E-state index is 0.0565. The molecule has 1 saturated carbocycles. The Kier molecular flexibility index (Phi) is 4.80. The van der Waals surface area contributed by atoms with Crippen LogP contribution in [0.3, 0.4) is 0 Å². The van der Waals surface area contributed by atoms with Crippen LogP contribution in [0.2, 0.25) is 0 Å². The van der Waals surface area contributed by atoms with Crippen molar-refractivity contribution in [2.45, 2.75) is 37.8 Å². The van der Waals surface area contributed by atoms with Gasteiger partial charge < -0.3 is 15.4 Å². The zero-order valence-corrected chi connectivity index (χ0v) is 11.6. The van der Waals surface area contributed by atoms with Crippen LogP contribution in [0.1, 0.15) is 36.0 Å². The molecule has 0 saturated heterocycles. The molecule has 4 heteroatoms. The quantitative estimate of drug-likeness (QED) is 0.876. The Hall–Kier alpha value is -1.55. The van der Waals surface area contributed by atoms with Gasteiger partial charge in [0, 0.05) is 25.4 Å². The van der Waals surface area contributed by atoms with Gasteiger partial charge in [-0.2, -0.15) is 0 Å². The SMILES string of the molecule is CNC(=O)c1ccc(NC2CCCCC2OC)cc1. The van der Waals surface area contributed by atoms with Crippen LogP contribution in [0.5, 0.6) is 0 Å². The molecule has 1 aromatic rings. The van der Waals surface area contributed by atoms with Crippen molar-refractivity contribution in [3.8, 4) is 0 Å². The van der Waals surface area contributed by atoms with Gasteiger partial charge in [0.15, 0.2) is 0 Å². The normalized spacial score (nSPS) is 22.8. The Morgan fingerprint density at radius 1 is 1.21 bits per heavy atom. The van der Waals surface area contributed by atoms with E-state index in [0.29, 0.717) is 11.6 Å². The van der Waals surface area contributed by atoms with Crippen LogP contribution in [0, 0.1) is 0 Å². The van der Waals surface area contributed by atoms with Crippen LogP contribution in [-0.2, 0) is 4.74 Å². The van der Waals surface area contributed by atoms with Gasteiger partial charge in [-0.05, 0) is 37.1 Å². The fraction of sp³-hybridized carbons (Fsp3) is 0.533. The molecule has 0 aromatic heterocycles. The third-order valence-corrected chi connectivity index (χ3v) is 3.73. The smallest absolute Gasteiger partial charge is 0.251 e. The lowest BCUT2D eigenvalue weighted by atomic mass is 9.92. The van der Waals surface area contributed by atoms with E-state index < -0.39 is 0 Å². The maximum Gasteiger partial charge on any atom is 0.251 e. The molecular formula is C15H22N2O2. The van der Waals surface area contributed by atoms with Crippen molar-refractivity contribution < 1.29 is 9.53 Å². The standard InChI is InChI=1S/C15H22N2O2/c1-16-15(18)11-7-9-12(10-8-11)17-13-5-3-4-6-14(13)19-2/h7-10,13-14,17H,3-6H2,1-2H3,(H,16,18). The first-order valence-corrected chi connectivity index (χ1v) is 6.86. The number of rotatable bonds is 4. The lowest BCUT2D eigenvalue weighted by Gasteiger charge is -2.31. The number of benzene rings is 1. The van der Waals surface area contributed by atoms with E-state index in [1.807, 2.05) is 24.3 Å². The second-order valence-electron chi connectivity index (χ2n) is 4.97. The topological polar surface area (TPSA) is 50.4 Å². The molecule has 0 aliphatic heterocycles. The van der Waals surface area contributed by atoms with E-state index >= 15 is 0 Å². The average molecular weight is 262 g/mol. The summed E-state index contributed by atoms with van der Waals surface area (Å²) in [5, 5.41) is 6.13. The first-order valence-electron chi connectivity index (χ1n) is 6.86. The summed E-state index contributed by atoms with van der Waals surface area (Å²) in [4.78, 5) is 11.5. The van der Waals surface area contributed by atoms with Crippen molar-refractivity contribution in [3.63, 3.8) is 0 Å². The molecule has 0 spiro atoms. The lowest BCUT2D eigenvalue weighted by molar-refractivity contribution is 0.0606. The van der Waals surface area contributed by atoms with Gasteiger partial charge in [0.2, 0.25) is 0 Å². The van der Waals surface area contributed by atoms with Crippen molar-refractivity contribution in [1.82, 2.24) is 5.32 Å². The molecule has 2 rings (SSSR count). The number of anilines is 1. The predicted octanol–water partition coefficient (Wildman–Crippen LogP) is 2.42. The van der Waals surface area contributed by atoms with Gasteiger partial charge in [-0.25, -0.2) is 0 Å². The zero-order valence-electron chi connectivity index (χ0n) is 11.6. The van der Waals surface area contributed by atoms with Crippen LogP contribution in [-0.4, -0.2) is 32.2 Å². The lowest BCUT2D eigenvalue weighted by Crippen LogP contribution is -2.37. The van der Waals surface area contributed by atoms with E-state index in [2.05, 4.69) is 10.6 Å². The summed E-state index contributed by atoms with van der Waals surface area (Å²) >= 11 is 0. The third kappa shape index (κ3) is 3.47. The monoisotopic (exact) mass is 262 g/mol. The van der Waals surface area contributed by atoms with Crippen LogP contribution < -0.4 is 10.6 Å². The van der Waals surface area contributed by atoms with Gasteiger partial charge in [-0.15, -0.1) is 0 Å². The summed E-state index contributed by atoms with van der Waals surface area (Å²) < 4.78 is 5.53. The van der Waals surface area contributed by atoms with Gasteiger partial charge in [0.1, 0.15) is 0 Å². The number of carbonyl (C=O) groups is 1. The summed E-state index contributed by atoms with van der Waals surface area (Å²) in [6, 6.07) is 7.94. The zero-order chi connectivity index (χ0) is 13.7. The number of methoxy groups -OCH3 is 1. The van der Waals surface area contributed by atoms with Gasteiger partial charge in [0.05, 0.1) is 12.1 Å². The molecule has 4 nitrogen and oxygen atoms in total. The highest BCUT2D eigenvalue weighted by molar-refractivity contribution is 5.94. The largest absolute Gasteiger partial charge is 0.380 e. The number of ether oxygens (including phenoxy) is 1. The summed E-state index contributed by atoms with van der Waals surface area (Å²) in [5.74, 6) is -0.0565. The van der Waals surface area contributed by atoms with Gasteiger partial charge in [-0.3, -0.25) is 4.79 Å². The second-order valence-corrected chi connectivity index (χ2v) is 4.97. The number of hydrogen-bond donors (Lipinski definition) is 2. The number of carbonyl (C=O) groups excluding carboxylic acids is 1. The van der Waals surface area contributed by atoms with Gasteiger partial charge >= 0.3 is 0 Å². The highest BCUT2D eigenvalue weighted by Crippen LogP contribution is 2.24. The van der Waals surface area contributed by atoms with Crippen molar-refractivity contribution in [1.29, 1.82) is 0 Å². The van der Waals surface area contributed by atoms with Crippen molar-refractivity contribution in [2.24, 2.45) is 0 Å². The maximum atomic E-state index is 11.5. The molecule has 2 atom stereocenters. The van der Waals surface area contributed by atoms with Gasteiger partial charge in [0.25, 0.3) is 5.91 Å². The number of amides is 1. The minimum Gasteiger partial charge on any atom is -0.380 e. The van der Waals surface area contributed by atoms with Crippen molar-refractivity contribution in [3.05, 3.63) is 29.8 Å². The Morgan fingerprint density at radius 2 is 1.89 bits per heavy atom. The fourth-order valence-corrected chi connectivity index (χ4v) is 2.62. The fourth-order valence-electron chi connectivity index (χ4n) is 2.62. The summed E-state index contributed by atoms with van der Waals surface area (Å²) in [5.41, 5.74) is 1.72. The Balaban J connectivity index is 2.00. The molecule has 0 bridgehead atoms.